The number of hydrogen-bond donors (Lipinski definition) is 1. The van der Waals surface area contributed by atoms with Gasteiger partial charge in [-0.05, 0) is 41.8 Å². The second kappa shape index (κ2) is 8.02. The van der Waals surface area contributed by atoms with Gasteiger partial charge in [0.1, 0.15) is 0 Å². The Morgan fingerprint density at radius 2 is 1.39 bits per heavy atom. The van der Waals surface area contributed by atoms with Crippen LogP contribution in [-0.4, -0.2) is 51.7 Å². The van der Waals surface area contributed by atoms with E-state index >= 15 is 0 Å². The number of imide groups is 1. The van der Waals surface area contributed by atoms with Gasteiger partial charge in [0, 0.05) is 6.54 Å². The fourth-order valence-corrected chi connectivity index (χ4v) is 4.68. The van der Waals surface area contributed by atoms with Crippen LogP contribution < -0.4 is 0 Å². The highest BCUT2D eigenvalue weighted by Gasteiger charge is 2.40. The molecule has 0 saturated carbocycles. The van der Waals surface area contributed by atoms with Gasteiger partial charge in [0.15, 0.2) is 0 Å². The van der Waals surface area contributed by atoms with Gasteiger partial charge in [-0.3, -0.25) is 19.3 Å². The Morgan fingerprint density at radius 3 is 2.06 bits per heavy atom. The summed E-state index contributed by atoms with van der Waals surface area (Å²) in [5.74, 6) is -2.41. The molecule has 0 aromatic heterocycles. The normalized spacial score (nSPS) is 17.0. The number of carbonyl (C=O) groups is 4. The smallest absolute Gasteiger partial charge is 0.336 e. The van der Waals surface area contributed by atoms with E-state index in [0.717, 1.165) is 11.1 Å². The third-order valence-electron chi connectivity index (χ3n) is 6.29. The molecule has 0 spiro atoms. The molecule has 2 heterocycles. The molecule has 7 heteroatoms. The van der Waals surface area contributed by atoms with Crippen LogP contribution in [0.3, 0.4) is 0 Å². The first kappa shape index (κ1) is 20.6. The van der Waals surface area contributed by atoms with Crippen molar-refractivity contribution in [3.8, 4) is 0 Å². The maximum Gasteiger partial charge on any atom is 0.336 e. The molecule has 3 amide bonds. The van der Waals surface area contributed by atoms with E-state index in [-0.39, 0.29) is 17.7 Å². The van der Waals surface area contributed by atoms with Gasteiger partial charge >= 0.3 is 5.97 Å². The molecule has 3 aromatic rings. The molecule has 2 aliphatic rings. The summed E-state index contributed by atoms with van der Waals surface area (Å²) in [5, 5.41) is 9.57. The quantitative estimate of drug-likeness (QED) is 0.628. The van der Waals surface area contributed by atoms with Crippen LogP contribution in [0.4, 0.5) is 0 Å². The van der Waals surface area contributed by atoms with Crippen LogP contribution in [0.2, 0.25) is 0 Å². The zero-order valence-electron chi connectivity index (χ0n) is 17.6. The van der Waals surface area contributed by atoms with Gasteiger partial charge in [-0.15, -0.1) is 0 Å². The number of nitrogens with zero attached hydrogens (tertiary/aromatic N) is 2. The minimum atomic E-state index is -1.19. The van der Waals surface area contributed by atoms with Crippen LogP contribution in [0.5, 0.6) is 0 Å². The summed E-state index contributed by atoms with van der Waals surface area (Å²) in [7, 11) is 0. The lowest BCUT2D eigenvalue weighted by atomic mass is 9.91. The Hall–Kier alpha value is -4.26. The third kappa shape index (κ3) is 3.38. The predicted molar refractivity (Wildman–Crippen MR) is 119 cm³/mol. The fraction of sp³-hybridized carbons (Fsp3) is 0.154. The number of benzene rings is 3. The average molecular weight is 440 g/mol. The molecule has 0 radical (unpaired) electrons. The molecule has 0 saturated heterocycles. The number of fused-ring (bicyclic) bond motifs is 2. The highest BCUT2D eigenvalue weighted by molar-refractivity contribution is 6.21. The van der Waals surface area contributed by atoms with Crippen LogP contribution in [0.1, 0.15) is 58.6 Å². The Balaban J connectivity index is 1.54. The van der Waals surface area contributed by atoms with E-state index in [1.54, 1.807) is 41.3 Å². The Labute approximate surface area is 189 Å². The monoisotopic (exact) mass is 440 g/mol. The molecular weight excluding hydrogens is 420 g/mol. The first-order valence-corrected chi connectivity index (χ1v) is 10.6. The van der Waals surface area contributed by atoms with Crippen LogP contribution in [0.15, 0.2) is 72.8 Å². The van der Waals surface area contributed by atoms with Crippen molar-refractivity contribution in [2.45, 2.75) is 12.5 Å². The Bertz CT molecular complexity index is 1280. The van der Waals surface area contributed by atoms with Gasteiger partial charge in [0.05, 0.1) is 34.8 Å². The van der Waals surface area contributed by atoms with E-state index in [2.05, 4.69) is 0 Å². The summed E-state index contributed by atoms with van der Waals surface area (Å²) in [4.78, 5) is 54.1. The van der Waals surface area contributed by atoms with E-state index in [0.29, 0.717) is 24.1 Å². The molecule has 1 N–H and O–H groups in total. The molecule has 7 nitrogen and oxygen atoms in total. The minimum Gasteiger partial charge on any atom is -0.478 e. The maximum absolute atomic E-state index is 13.6. The van der Waals surface area contributed by atoms with Crippen molar-refractivity contribution in [3.05, 3.63) is 106 Å². The van der Waals surface area contributed by atoms with Crippen molar-refractivity contribution < 1.29 is 24.3 Å². The van der Waals surface area contributed by atoms with Crippen LogP contribution in [0, 0.1) is 0 Å². The molecule has 1 unspecified atom stereocenters. The largest absolute Gasteiger partial charge is 0.478 e. The molecule has 0 fully saturated rings. The van der Waals surface area contributed by atoms with Gasteiger partial charge in [-0.1, -0.05) is 48.5 Å². The van der Waals surface area contributed by atoms with Crippen molar-refractivity contribution in [1.82, 2.24) is 9.80 Å². The maximum atomic E-state index is 13.6. The molecule has 0 bridgehead atoms. The Morgan fingerprint density at radius 1 is 0.818 bits per heavy atom. The molecule has 33 heavy (non-hydrogen) atoms. The molecular formula is C26H20N2O5. The van der Waals surface area contributed by atoms with Crippen LogP contribution in [-0.2, 0) is 6.42 Å². The lowest BCUT2D eigenvalue weighted by molar-refractivity contribution is 0.0500. The fourth-order valence-electron chi connectivity index (χ4n) is 4.68. The standard InChI is InChI=1S/C26H20N2O5/c29-23(20-11-5-6-12-21(20)26(32)33)27-14-13-16-7-1-2-8-17(16)22(27)15-28-24(30)18-9-3-4-10-19(18)25(28)31/h1-12,22H,13-15H2,(H,32,33). The van der Waals surface area contributed by atoms with Crippen molar-refractivity contribution in [2.24, 2.45) is 0 Å². The van der Waals surface area contributed by atoms with E-state index < -0.39 is 29.7 Å². The first-order valence-electron chi connectivity index (χ1n) is 10.6. The van der Waals surface area contributed by atoms with E-state index in [1.807, 2.05) is 24.3 Å². The topological polar surface area (TPSA) is 95.0 Å². The third-order valence-corrected chi connectivity index (χ3v) is 6.29. The summed E-state index contributed by atoms with van der Waals surface area (Å²) in [6, 6.07) is 19.8. The zero-order valence-corrected chi connectivity index (χ0v) is 17.6. The number of carbonyl (C=O) groups excluding carboxylic acids is 3. The summed E-state index contributed by atoms with van der Waals surface area (Å²) in [5.41, 5.74) is 2.58. The van der Waals surface area contributed by atoms with Crippen molar-refractivity contribution in [3.63, 3.8) is 0 Å². The van der Waals surface area contributed by atoms with Gasteiger partial charge in [0.2, 0.25) is 0 Å². The number of carboxylic acids is 1. The summed E-state index contributed by atoms with van der Waals surface area (Å²) < 4.78 is 0. The number of amides is 3. The summed E-state index contributed by atoms with van der Waals surface area (Å²) in [6.45, 7) is 0.335. The molecule has 164 valence electrons. The number of carboxylic acid groups (broad SMARTS) is 1. The van der Waals surface area contributed by atoms with Crippen LogP contribution in [0.25, 0.3) is 0 Å². The van der Waals surface area contributed by atoms with Crippen molar-refractivity contribution in [1.29, 1.82) is 0 Å². The van der Waals surface area contributed by atoms with Gasteiger partial charge in [-0.25, -0.2) is 4.79 Å². The first-order chi connectivity index (χ1) is 16.0. The molecule has 0 aliphatic carbocycles. The van der Waals surface area contributed by atoms with Gasteiger partial charge in [-0.2, -0.15) is 0 Å². The predicted octanol–water partition coefficient (Wildman–Crippen LogP) is 3.42. The summed E-state index contributed by atoms with van der Waals surface area (Å²) >= 11 is 0. The second-order valence-electron chi connectivity index (χ2n) is 8.08. The van der Waals surface area contributed by atoms with Crippen molar-refractivity contribution >= 4 is 23.7 Å². The van der Waals surface area contributed by atoms with E-state index in [4.69, 9.17) is 0 Å². The highest BCUT2D eigenvalue weighted by atomic mass is 16.4. The lowest BCUT2D eigenvalue weighted by Gasteiger charge is -2.39. The molecule has 3 aromatic carbocycles. The van der Waals surface area contributed by atoms with Gasteiger partial charge < -0.3 is 10.0 Å². The van der Waals surface area contributed by atoms with Crippen LogP contribution >= 0.6 is 0 Å². The lowest BCUT2D eigenvalue weighted by Crippen LogP contribution is -2.46. The number of aromatic carboxylic acids is 1. The highest BCUT2D eigenvalue weighted by Crippen LogP contribution is 2.34. The molecule has 1 atom stereocenters. The number of hydrogen-bond acceptors (Lipinski definition) is 4. The van der Waals surface area contributed by atoms with Crippen molar-refractivity contribution in [2.75, 3.05) is 13.1 Å². The minimum absolute atomic E-state index is 0.00958. The summed E-state index contributed by atoms with van der Waals surface area (Å²) in [6.07, 6.45) is 0.593. The number of rotatable bonds is 4. The SMILES string of the molecule is O=C(O)c1ccccc1C(=O)N1CCc2ccccc2C1CN1C(=O)c2ccccc2C1=O. The second-order valence-corrected chi connectivity index (χ2v) is 8.08. The van der Waals surface area contributed by atoms with Gasteiger partial charge in [0.25, 0.3) is 17.7 Å². The van der Waals surface area contributed by atoms with E-state index in [9.17, 15) is 24.3 Å². The van der Waals surface area contributed by atoms with E-state index in [1.165, 1.54) is 17.0 Å². The Kier molecular flexibility index (Phi) is 5.01. The molecule has 5 rings (SSSR count). The molecule has 2 aliphatic heterocycles. The zero-order chi connectivity index (χ0) is 23.1. The average Bonchev–Trinajstić information content (AvgIpc) is 3.08.